The third-order valence-corrected chi connectivity index (χ3v) is 3.97. The maximum Gasteiger partial charge on any atom is 0.168 e. The van der Waals surface area contributed by atoms with Gasteiger partial charge in [-0.05, 0) is 30.4 Å². The Morgan fingerprint density at radius 2 is 2.00 bits per heavy atom. The van der Waals surface area contributed by atoms with E-state index in [0.29, 0.717) is 42.0 Å². The number of hydrogen-bond acceptors (Lipinski definition) is 4. The van der Waals surface area contributed by atoms with E-state index in [9.17, 15) is 9.90 Å². The summed E-state index contributed by atoms with van der Waals surface area (Å²) in [6.45, 7) is 6.08. The number of carbonyl (C=O) groups excluding carboxylic acids is 1. The minimum absolute atomic E-state index is 0.0270. The largest absolute Gasteiger partial charge is 0.511 e. The van der Waals surface area contributed by atoms with Crippen LogP contribution in [0.15, 0.2) is 40.6 Å². The third-order valence-electron chi connectivity index (χ3n) is 3.97. The van der Waals surface area contributed by atoms with Gasteiger partial charge in [0.2, 0.25) is 0 Å². The zero-order valence-electron chi connectivity index (χ0n) is 14.3. The summed E-state index contributed by atoms with van der Waals surface area (Å²) in [6, 6.07) is 7.45. The molecule has 1 aromatic rings. The topological polar surface area (TPSA) is 58.9 Å². The van der Waals surface area contributed by atoms with Crippen LogP contribution in [0.2, 0.25) is 0 Å². The Bertz CT molecular complexity index is 656. The number of aliphatic hydroxyl groups excluding tert-OH is 1. The number of aliphatic imine (C=N–C) groups is 1. The van der Waals surface area contributed by atoms with E-state index in [1.165, 1.54) is 0 Å². The van der Waals surface area contributed by atoms with Gasteiger partial charge in [0.05, 0.1) is 18.4 Å². The SMILES string of the molecule is CCCC(O)=C1C(=O)CC(C)(C)CC1=Nc1ccccc1OC. The van der Waals surface area contributed by atoms with E-state index in [1.807, 2.05) is 31.2 Å². The first-order valence-corrected chi connectivity index (χ1v) is 8.04. The molecule has 23 heavy (non-hydrogen) atoms. The summed E-state index contributed by atoms with van der Waals surface area (Å²) in [7, 11) is 1.60. The van der Waals surface area contributed by atoms with Crippen molar-refractivity contribution in [2.24, 2.45) is 10.4 Å². The maximum atomic E-state index is 12.6. The van der Waals surface area contributed by atoms with Gasteiger partial charge in [-0.1, -0.05) is 32.9 Å². The van der Waals surface area contributed by atoms with Gasteiger partial charge in [0, 0.05) is 12.8 Å². The smallest absolute Gasteiger partial charge is 0.168 e. The molecule has 0 bridgehead atoms. The fourth-order valence-corrected chi connectivity index (χ4v) is 2.94. The molecule has 0 heterocycles. The molecule has 1 saturated carbocycles. The van der Waals surface area contributed by atoms with E-state index in [4.69, 9.17) is 4.74 Å². The molecular formula is C19H25NO3. The van der Waals surface area contributed by atoms with E-state index in [0.717, 1.165) is 6.42 Å². The van der Waals surface area contributed by atoms with Gasteiger partial charge >= 0.3 is 0 Å². The van der Waals surface area contributed by atoms with Gasteiger partial charge in [0.15, 0.2) is 5.78 Å². The van der Waals surface area contributed by atoms with Gasteiger partial charge in [0.25, 0.3) is 0 Å². The van der Waals surface area contributed by atoms with Crippen molar-refractivity contribution in [1.82, 2.24) is 0 Å². The molecule has 1 fully saturated rings. The first-order valence-electron chi connectivity index (χ1n) is 8.04. The second-order valence-corrected chi connectivity index (χ2v) is 6.74. The molecule has 1 aromatic carbocycles. The van der Waals surface area contributed by atoms with Crippen molar-refractivity contribution < 1.29 is 14.6 Å². The molecule has 0 amide bonds. The first kappa shape index (κ1) is 17.3. The van der Waals surface area contributed by atoms with Gasteiger partial charge in [-0.25, -0.2) is 4.99 Å². The van der Waals surface area contributed by atoms with Crippen molar-refractivity contribution in [2.75, 3.05) is 7.11 Å². The lowest BCUT2D eigenvalue weighted by Crippen LogP contribution is -2.32. The zero-order chi connectivity index (χ0) is 17.0. The first-order chi connectivity index (χ1) is 10.9. The molecule has 0 aliphatic heterocycles. The lowest BCUT2D eigenvalue weighted by Gasteiger charge is -2.31. The summed E-state index contributed by atoms with van der Waals surface area (Å²) in [6.07, 6.45) is 2.36. The van der Waals surface area contributed by atoms with Crippen molar-refractivity contribution >= 4 is 17.2 Å². The molecule has 4 nitrogen and oxygen atoms in total. The van der Waals surface area contributed by atoms with Crippen molar-refractivity contribution in [3.8, 4) is 5.75 Å². The van der Waals surface area contributed by atoms with E-state index in [2.05, 4.69) is 18.8 Å². The lowest BCUT2D eigenvalue weighted by molar-refractivity contribution is -0.117. The molecule has 1 N–H and O–H groups in total. The Balaban J connectivity index is 2.55. The van der Waals surface area contributed by atoms with Gasteiger partial charge in [0.1, 0.15) is 17.2 Å². The van der Waals surface area contributed by atoms with Crippen LogP contribution >= 0.6 is 0 Å². The van der Waals surface area contributed by atoms with Crippen LogP contribution in [0.1, 0.15) is 46.5 Å². The third kappa shape index (κ3) is 4.01. The number of benzene rings is 1. The molecule has 0 unspecified atom stereocenters. The number of ether oxygens (including phenoxy) is 1. The predicted molar refractivity (Wildman–Crippen MR) is 92.7 cm³/mol. The highest BCUT2D eigenvalue weighted by Crippen LogP contribution is 2.38. The number of para-hydroxylation sites is 2. The maximum absolute atomic E-state index is 12.6. The molecule has 124 valence electrons. The highest BCUT2D eigenvalue weighted by atomic mass is 16.5. The summed E-state index contributed by atoms with van der Waals surface area (Å²) in [5.74, 6) is 0.785. The number of nitrogens with zero attached hydrogens (tertiary/aromatic N) is 1. The second-order valence-electron chi connectivity index (χ2n) is 6.74. The number of ketones is 1. The van der Waals surface area contributed by atoms with Crippen molar-refractivity contribution in [2.45, 2.75) is 46.5 Å². The number of hydrogen-bond donors (Lipinski definition) is 1. The Morgan fingerprint density at radius 1 is 1.30 bits per heavy atom. The van der Waals surface area contributed by atoms with Gasteiger partial charge in [-0.15, -0.1) is 0 Å². The summed E-state index contributed by atoms with van der Waals surface area (Å²) in [4.78, 5) is 17.2. The molecule has 0 radical (unpaired) electrons. The average molecular weight is 315 g/mol. The quantitative estimate of drug-likeness (QED) is 0.643. The number of rotatable bonds is 4. The molecule has 4 heteroatoms. The molecule has 0 saturated heterocycles. The van der Waals surface area contributed by atoms with Gasteiger partial charge in [-0.2, -0.15) is 0 Å². The van der Waals surface area contributed by atoms with E-state index >= 15 is 0 Å². The number of Topliss-reactive ketones (excluding diaryl/α,β-unsaturated/α-hetero) is 1. The van der Waals surface area contributed by atoms with Crippen molar-refractivity contribution in [1.29, 1.82) is 0 Å². The van der Waals surface area contributed by atoms with Crippen molar-refractivity contribution in [3.63, 3.8) is 0 Å². The predicted octanol–water partition coefficient (Wildman–Crippen LogP) is 4.77. The normalized spacial score (nSPS) is 21.4. The molecular weight excluding hydrogens is 290 g/mol. The second kappa shape index (κ2) is 6.99. The van der Waals surface area contributed by atoms with Crippen LogP contribution in [-0.4, -0.2) is 23.7 Å². The molecule has 0 atom stereocenters. The van der Waals surface area contributed by atoms with E-state index < -0.39 is 0 Å². The average Bonchev–Trinajstić information content (AvgIpc) is 2.46. The van der Waals surface area contributed by atoms with E-state index in [-0.39, 0.29) is 17.0 Å². The Kier molecular flexibility index (Phi) is 5.24. The highest BCUT2D eigenvalue weighted by molar-refractivity contribution is 6.25. The summed E-state index contributed by atoms with van der Waals surface area (Å²) < 4.78 is 5.34. The van der Waals surface area contributed by atoms with E-state index in [1.54, 1.807) is 7.11 Å². The Labute approximate surface area is 137 Å². The van der Waals surface area contributed by atoms with Crippen LogP contribution in [0.3, 0.4) is 0 Å². The van der Waals surface area contributed by atoms with Crippen LogP contribution in [0.25, 0.3) is 0 Å². The highest BCUT2D eigenvalue weighted by Gasteiger charge is 2.36. The van der Waals surface area contributed by atoms with Gasteiger partial charge in [-0.3, -0.25) is 4.79 Å². The number of allylic oxidation sites excluding steroid dienone is 2. The minimum atomic E-state index is -0.159. The van der Waals surface area contributed by atoms with Crippen molar-refractivity contribution in [3.05, 3.63) is 35.6 Å². The molecule has 2 rings (SSSR count). The van der Waals surface area contributed by atoms with Crippen LogP contribution in [-0.2, 0) is 4.79 Å². The number of carbonyl (C=O) groups is 1. The standard InChI is InChI=1S/C19H25NO3/c1-5-8-15(21)18-14(11-19(2,3)12-16(18)22)20-13-9-6-7-10-17(13)23-4/h6-7,9-10,21H,5,8,11-12H2,1-4H3. The fraction of sp³-hybridized carbons (Fsp3) is 0.474. The fourth-order valence-electron chi connectivity index (χ4n) is 2.94. The molecule has 0 aromatic heterocycles. The van der Waals surface area contributed by atoms with Crippen LogP contribution in [0.5, 0.6) is 5.75 Å². The summed E-state index contributed by atoms with van der Waals surface area (Å²) >= 11 is 0. The van der Waals surface area contributed by atoms with Gasteiger partial charge < -0.3 is 9.84 Å². The van der Waals surface area contributed by atoms with Crippen LogP contribution in [0, 0.1) is 5.41 Å². The zero-order valence-corrected chi connectivity index (χ0v) is 14.3. The minimum Gasteiger partial charge on any atom is -0.511 e. The van der Waals surface area contributed by atoms with Crippen LogP contribution < -0.4 is 4.74 Å². The van der Waals surface area contributed by atoms with Crippen LogP contribution in [0.4, 0.5) is 5.69 Å². The Hall–Kier alpha value is -2.10. The molecule has 1 aliphatic carbocycles. The number of methoxy groups -OCH3 is 1. The monoisotopic (exact) mass is 315 g/mol. The Morgan fingerprint density at radius 3 is 2.65 bits per heavy atom. The summed E-state index contributed by atoms with van der Waals surface area (Å²) in [5, 5.41) is 10.3. The lowest BCUT2D eigenvalue weighted by atomic mass is 9.73. The molecule has 1 aliphatic rings. The number of aliphatic hydroxyl groups is 1. The summed E-state index contributed by atoms with van der Waals surface area (Å²) in [5.41, 5.74) is 1.57. The molecule has 0 spiro atoms.